The van der Waals surface area contributed by atoms with Crippen molar-refractivity contribution >= 4 is 11.8 Å². The number of anilines is 2. The summed E-state index contributed by atoms with van der Waals surface area (Å²) in [4.78, 5) is 12.8. The topological polar surface area (TPSA) is 62.7 Å². The van der Waals surface area contributed by atoms with Gasteiger partial charge in [0.05, 0.1) is 5.69 Å². The Morgan fingerprint density at radius 2 is 1.83 bits per heavy atom. The molecular weight excluding hydrogens is 312 g/mol. The van der Waals surface area contributed by atoms with Crippen LogP contribution in [0.2, 0.25) is 0 Å². The summed E-state index contributed by atoms with van der Waals surface area (Å²) in [6, 6.07) is 8.86. The molecule has 0 aliphatic rings. The van der Waals surface area contributed by atoms with Crippen molar-refractivity contribution in [3.63, 3.8) is 0 Å². The fourth-order valence-electron chi connectivity index (χ4n) is 2.22. The van der Waals surface area contributed by atoms with Crippen LogP contribution in [0.5, 0.6) is 0 Å². The highest BCUT2D eigenvalue weighted by molar-refractivity contribution is 5.63. The molecule has 1 aromatic carbocycles. The minimum atomic E-state index is -0.610. The molecule has 5 nitrogen and oxygen atoms in total. The molecule has 0 spiro atoms. The summed E-state index contributed by atoms with van der Waals surface area (Å²) < 4.78 is 26.5. The first-order chi connectivity index (χ1) is 11.6. The fourth-order valence-corrected chi connectivity index (χ4v) is 2.22. The van der Waals surface area contributed by atoms with Crippen LogP contribution in [0, 0.1) is 11.6 Å². The minimum Gasteiger partial charge on any atom is -0.366 e. The molecule has 0 aliphatic heterocycles. The standard InChI is InChI=1S/C17H15F2N5/c1-20-17-23-15(12-3-2-4-21-10-12)8-16(24-17)22-9-11-5-13(18)7-14(19)6-11/h2-8,10H,9H2,1H3,(H2,20,22,23,24). The Balaban J connectivity index is 1.85. The lowest BCUT2D eigenvalue weighted by Gasteiger charge is -2.10. The highest BCUT2D eigenvalue weighted by atomic mass is 19.1. The molecule has 3 aromatic rings. The van der Waals surface area contributed by atoms with Gasteiger partial charge in [-0.1, -0.05) is 0 Å². The van der Waals surface area contributed by atoms with Gasteiger partial charge in [-0.15, -0.1) is 0 Å². The van der Waals surface area contributed by atoms with E-state index in [2.05, 4.69) is 25.6 Å². The monoisotopic (exact) mass is 327 g/mol. The van der Waals surface area contributed by atoms with Gasteiger partial charge in [0, 0.05) is 43.7 Å². The van der Waals surface area contributed by atoms with E-state index in [1.54, 1.807) is 25.5 Å². The summed E-state index contributed by atoms with van der Waals surface area (Å²) in [7, 11) is 1.72. The molecule has 0 aliphatic carbocycles. The fraction of sp³-hybridized carbons (Fsp3) is 0.118. The third kappa shape index (κ3) is 3.81. The predicted molar refractivity (Wildman–Crippen MR) is 88.5 cm³/mol. The Labute approximate surface area is 137 Å². The van der Waals surface area contributed by atoms with Gasteiger partial charge >= 0.3 is 0 Å². The lowest BCUT2D eigenvalue weighted by atomic mass is 10.2. The molecule has 2 heterocycles. The number of hydrogen-bond donors (Lipinski definition) is 2. The van der Waals surface area contributed by atoms with Crippen LogP contribution in [0.3, 0.4) is 0 Å². The zero-order chi connectivity index (χ0) is 16.9. The van der Waals surface area contributed by atoms with Crippen LogP contribution in [-0.2, 0) is 6.54 Å². The first kappa shape index (κ1) is 15.8. The van der Waals surface area contributed by atoms with Gasteiger partial charge in [-0.3, -0.25) is 4.98 Å². The number of aromatic nitrogens is 3. The zero-order valence-electron chi connectivity index (χ0n) is 12.9. The number of benzene rings is 1. The third-order valence-corrected chi connectivity index (χ3v) is 3.30. The van der Waals surface area contributed by atoms with Crippen molar-refractivity contribution in [2.45, 2.75) is 6.54 Å². The summed E-state index contributed by atoms with van der Waals surface area (Å²) >= 11 is 0. The second-order valence-electron chi connectivity index (χ2n) is 5.08. The van der Waals surface area contributed by atoms with E-state index in [0.717, 1.165) is 11.6 Å². The van der Waals surface area contributed by atoms with Crippen molar-refractivity contribution < 1.29 is 8.78 Å². The summed E-state index contributed by atoms with van der Waals surface area (Å²) in [5.74, 6) is -0.245. The number of rotatable bonds is 5. The van der Waals surface area contributed by atoms with Crippen molar-refractivity contribution in [2.24, 2.45) is 0 Å². The highest BCUT2D eigenvalue weighted by Gasteiger charge is 2.07. The summed E-state index contributed by atoms with van der Waals surface area (Å²) in [5, 5.41) is 5.95. The molecule has 0 unspecified atom stereocenters. The van der Waals surface area contributed by atoms with Crippen LogP contribution in [0.4, 0.5) is 20.5 Å². The van der Waals surface area contributed by atoms with Gasteiger partial charge in [0.1, 0.15) is 17.5 Å². The molecule has 7 heteroatoms. The lowest BCUT2D eigenvalue weighted by molar-refractivity contribution is 0.580. The third-order valence-electron chi connectivity index (χ3n) is 3.30. The molecule has 24 heavy (non-hydrogen) atoms. The van der Waals surface area contributed by atoms with Gasteiger partial charge in [0.25, 0.3) is 0 Å². The normalized spacial score (nSPS) is 10.5. The van der Waals surface area contributed by atoms with Gasteiger partial charge in [-0.05, 0) is 29.8 Å². The molecule has 0 radical (unpaired) electrons. The number of halogens is 2. The second kappa shape index (κ2) is 6.99. The molecule has 122 valence electrons. The molecule has 0 fully saturated rings. The van der Waals surface area contributed by atoms with E-state index in [1.807, 2.05) is 12.1 Å². The molecule has 0 saturated heterocycles. The van der Waals surface area contributed by atoms with E-state index in [9.17, 15) is 8.78 Å². The SMILES string of the molecule is CNc1nc(NCc2cc(F)cc(F)c2)cc(-c2cccnc2)n1. The van der Waals surface area contributed by atoms with Crippen LogP contribution in [0.25, 0.3) is 11.3 Å². The molecular formula is C17H15F2N5. The van der Waals surface area contributed by atoms with E-state index in [4.69, 9.17) is 0 Å². The van der Waals surface area contributed by atoms with E-state index >= 15 is 0 Å². The van der Waals surface area contributed by atoms with Crippen molar-refractivity contribution in [1.29, 1.82) is 0 Å². The predicted octanol–water partition coefficient (Wildman–Crippen LogP) is 3.47. The van der Waals surface area contributed by atoms with Gasteiger partial charge in [0.2, 0.25) is 5.95 Å². The lowest BCUT2D eigenvalue weighted by Crippen LogP contribution is -2.06. The Kier molecular flexibility index (Phi) is 4.60. The van der Waals surface area contributed by atoms with Crippen molar-refractivity contribution in [3.05, 3.63) is 66.0 Å². The van der Waals surface area contributed by atoms with Crippen LogP contribution in [0.15, 0.2) is 48.8 Å². The quantitative estimate of drug-likeness (QED) is 0.751. The van der Waals surface area contributed by atoms with Gasteiger partial charge in [0.15, 0.2) is 0 Å². The minimum absolute atomic E-state index is 0.237. The maximum absolute atomic E-state index is 13.2. The zero-order valence-corrected chi connectivity index (χ0v) is 12.9. The number of nitrogens with one attached hydrogen (secondary N) is 2. The summed E-state index contributed by atoms with van der Waals surface area (Å²) in [5.41, 5.74) is 2.02. The average molecular weight is 327 g/mol. The van der Waals surface area contributed by atoms with E-state index in [-0.39, 0.29) is 6.54 Å². The van der Waals surface area contributed by atoms with Gasteiger partial charge in [-0.2, -0.15) is 4.98 Å². The number of nitrogens with zero attached hydrogens (tertiary/aromatic N) is 3. The van der Waals surface area contributed by atoms with E-state index in [0.29, 0.717) is 23.0 Å². The smallest absolute Gasteiger partial charge is 0.224 e. The number of hydrogen-bond acceptors (Lipinski definition) is 5. The van der Waals surface area contributed by atoms with E-state index in [1.165, 1.54) is 12.1 Å². The first-order valence-corrected chi connectivity index (χ1v) is 7.30. The molecule has 0 atom stereocenters. The largest absolute Gasteiger partial charge is 0.366 e. The van der Waals surface area contributed by atoms with Crippen LogP contribution < -0.4 is 10.6 Å². The summed E-state index contributed by atoms with van der Waals surface area (Å²) in [6.07, 6.45) is 3.38. The summed E-state index contributed by atoms with van der Waals surface area (Å²) in [6.45, 7) is 0.237. The van der Waals surface area contributed by atoms with Crippen LogP contribution >= 0.6 is 0 Å². The molecule has 0 saturated carbocycles. The average Bonchev–Trinajstić information content (AvgIpc) is 2.59. The van der Waals surface area contributed by atoms with Crippen molar-refractivity contribution in [3.8, 4) is 11.3 Å². The molecule has 2 N–H and O–H groups in total. The Hall–Kier alpha value is -3.09. The van der Waals surface area contributed by atoms with Crippen LogP contribution in [0.1, 0.15) is 5.56 Å². The number of pyridine rings is 1. The van der Waals surface area contributed by atoms with Crippen LogP contribution in [-0.4, -0.2) is 22.0 Å². The van der Waals surface area contributed by atoms with Gasteiger partial charge < -0.3 is 10.6 Å². The van der Waals surface area contributed by atoms with E-state index < -0.39 is 11.6 Å². The Morgan fingerprint density at radius 3 is 2.50 bits per heavy atom. The molecule has 0 amide bonds. The van der Waals surface area contributed by atoms with Gasteiger partial charge in [-0.25, -0.2) is 13.8 Å². The maximum Gasteiger partial charge on any atom is 0.224 e. The molecule has 3 rings (SSSR count). The highest BCUT2D eigenvalue weighted by Crippen LogP contribution is 2.21. The van der Waals surface area contributed by atoms with Crippen molar-refractivity contribution in [1.82, 2.24) is 15.0 Å². The Morgan fingerprint density at radius 1 is 1.04 bits per heavy atom. The molecule has 0 bridgehead atoms. The maximum atomic E-state index is 13.2. The first-order valence-electron chi connectivity index (χ1n) is 7.30. The Bertz CT molecular complexity index is 819. The van der Waals surface area contributed by atoms with Crippen molar-refractivity contribution in [2.75, 3.05) is 17.7 Å². The molecule has 2 aromatic heterocycles. The second-order valence-corrected chi connectivity index (χ2v) is 5.08.